The third-order valence-corrected chi connectivity index (χ3v) is 3.17. The van der Waals surface area contributed by atoms with Gasteiger partial charge in [-0.25, -0.2) is 0 Å². The van der Waals surface area contributed by atoms with E-state index in [4.69, 9.17) is 5.73 Å². The summed E-state index contributed by atoms with van der Waals surface area (Å²) in [6.07, 6.45) is 1.54. The Morgan fingerprint density at radius 1 is 1.38 bits per heavy atom. The molecule has 1 aliphatic rings. The molecule has 3 nitrogen and oxygen atoms in total. The number of likely N-dealkylation sites (tertiary alicyclic amines) is 1. The van der Waals surface area contributed by atoms with Crippen molar-refractivity contribution in [2.75, 3.05) is 19.6 Å². The van der Waals surface area contributed by atoms with Crippen molar-refractivity contribution in [1.29, 1.82) is 0 Å². The Hall–Kier alpha value is -1.35. The van der Waals surface area contributed by atoms with E-state index >= 15 is 0 Å². The molecule has 0 spiro atoms. The Bertz CT molecular complexity index is 350. The van der Waals surface area contributed by atoms with Gasteiger partial charge in [0.2, 0.25) is 5.91 Å². The Morgan fingerprint density at radius 3 is 2.81 bits per heavy atom. The lowest BCUT2D eigenvalue weighted by molar-refractivity contribution is -0.129. The molecule has 1 heterocycles. The molecule has 0 saturated carbocycles. The maximum Gasteiger partial charge on any atom is 0.223 e. The number of rotatable bonds is 3. The number of hydrogen-bond donors (Lipinski definition) is 1. The molecule has 1 fully saturated rings. The predicted molar refractivity (Wildman–Crippen MR) is 64.1 cm³/mol. The molecule has 0 aliphatic carbocycles. The Balaban J connectivity index is 1.96. The van der Waals surface area contributed by atoms with Crippen LogP contribution >= 0.6 is 0 Å². The summed E-state index contributed by atoms with van der Waals surface area (Å²) in [5.74, 6) is 0.698. The minimum Gasteiger partial charge on any atom is -0.342 e. The second-order valence-corrected chi connectivity index (χ2v) is 4.27. The van der Waals surface area contributed by atoms with Crippen LogP contribution in [0.3, 0.4) is 0 Å². The lowest BCUT2D eigenvalue weighted by Gasteiger charge is -2.16. The highest BCUT2D eigenvalue weighted by Gasteiger charge is 2.26. The zero-order valence-electron chi connectivity index (χ0n) is 9.43. The smallest absolute Gasteiger partial charge is 0.223 e. The zero-order valence-corrected chi connectivity index (χ0v) is 9.43. The van der Waals surface area contributed by atoms with Crippen LogP contribution in [0.2, 0.25) is 0 Å². The second kappa shape index (κ2) is 5.12. The highest BCUT2D eigenvalue weighted by atomic mass is 16.2. The first-order valence-electron chi connectivity index (χ1n) is 5.84. The van der Waals surface area contributed by atoms with Gasteiger partial charge in [-0.1, -0.05) is 30.3 Å². The summed E-state index contributed by atoms with van der Waals surface area (Å²) in [5.41, 5.74) is 6.73. The molecule has 16 heavy (non-hydrogen) atoms. The van der Waals surface area contributed by atoms with E-state index in [1.165, 1.54) is 5.56 Å². The van der Waals surface area contributed by atoms with Gasteiger partial charge < -0.3 is 10.6 Å². The van der Waals surface area contributed by atoms with Gasteiger partial charge in [0.1, 0.15) is 0 Å². The van der Waals surface area contributed by atoms with Gasteiger partial charge >= 0.3 is 0 Å². The molecule has 0 bridgehead atoms. The molecular formula is C13H18N2O. The van der Waals surface area contributed by atoms with Gasteiger partial charge in [0.15, 0.2) is 0 Å². The Morgan fingerprint density at radius 2 is 2.12 bits per heavy atom. The predicted octanol–water partition coefficient (Wildman–Crippen LogP) is 1.35. The van der Waals surface area contributed by atoms with Crippen molar-refractivity contribution in [2.45, 2.75) is 18.8 Å². The first-order valence-corrected chi connectivity index (χ1v) is 5.84. The standard InChI is InChI=1S/C13H18N2O/c14-8-6-13(16)15-9-7-12(10-15)11-4-2-1-3-5-11/h1-5,12H,6-10,14H2. The van der Waals surface area contributed by atoms with E-state index in [0.717, 1.165) is 19.5 Å². The van der Waals surface area contributed by atoms with E-state index in [2.05, 4.69) is 24.3 Å². The number of benzene rings is 1. The number of nitrogens with zero attached hydrogens (tertiary/aromatic N) is 1. The fraction of sp³-hybridized carbons (Fsp3) is 0.462. The summed E-state index contributed by atoms with van der Waals surface area (Å²) in [5, 5.41) is 0. The van der Waals surface area contributed by atoms with Gasteiger partial charge in [-0.05, 0) is 12.0 Å². The normalized spacial score (nSPS) is 20.1. The molecule has 1 atom stereocenters. The summed E-state index contributed by atoms with van der Waals surface area (Å²) >= 11 is 0. The van der Waals surface area contributed by atoms with Crippen LogP contribution < -0.4 is 5.73 Å². The van der Waals surface area contributed by atoms with Gasteiger partial charge in [0.05, 0.1) is 0 Å². The minimum absolute atomic E-state index is 0.195. The largest absolute Gasteiger partial charge is 0.342 e. The van der Waals surface area contributed by atoms with Crippen molar-refractivity contribution >= 4 is 5.91 Å². The summed E-state index contributed by atoms with van der Waals surface area (Å²) in [7, 11) is 0. The van der Waals surface area contributed by atoms with E-state index in [1.54, 1.807) is 0 Å². The molecule has 1 amide bonds. The van der Waals surface area contributed by atoms with Gasteiger partial charge in [0.25, 0.3) is 0 Å². The van der Waals surface area contributed by atoms with Crippen molar-refractivity contribution in [3.63, 3.8) is 0 Å². The van der Waals surface area contributed by atoms with Gasteiger partial charge in [-0.15, -0.1) is 0 Å². The van der Waals surface area contributed by atoms with E-state index in [1.807, 2.05) is 11.0 Å². The van der Waals surface area contributed by atoms with Crippen LogP contribution in [0.5, 0.6) is 0 Å². The van der Waals surface area contributed by atoms with Crippen molar-refractivity contribution in [2.24, 2.45) is 5.73 Å². The molecule has 1 aromatic rings. The molecule has 0 radical (unpaired) electrons. The highest BCUT2D eigenvalue weighted by molar-refractivity contribution is 5.76. The van der Waals surface area contributed by atoms with Crippen molar-refractivity contribution in [1.82, 2.24) is 4.90 Å². The SMILES string of the molecule is NCCC(=O)N1CCC(c2ccccc2)C1. The van der Waals surface area contributed by atoms with Gasteiger partial charge in [-0.2, -0.15) is 0 Å². The van der Waals surface area contributed by atoms with Crippen LogP contribution in [-0.4, -0.2) is 30.4 Å². The first-order chi connectivity index (χ1) is 7.81. The molecule has 1 aromatic carbocycles. The van der Waals surface area contributed by atoms with Crippen LogP contribution in [0.25, 0.3) is 0 Å². The quantitative estimate of drug-likeness (QED) is 0.832. The maximum absolute atomic E-state index is 11.7. The van der Waals surface area contributed by atoms with Crippen LogP contribution in [0.4, 0.5) is 0 Å². The van der Waals surface area contributed by atoms with Gasteiger partial charge in [0, 0.05) is 32.0 Å². The fourth-order valence-electron chi connectivity index (χ4n) is 2.27. The Labute approximate surface area is 96.2 Å². The summed E-state index contributed by atoms with van der Waals surface area (Å²) in [6, 6.07) is 10.4. The van der Waals surface area contributed by atoms with Crippen LogP contribution in [-0.2, 0) is 4.79 Å². The second-order valence-electron chi connectivity index (χ2n) is 4.27. The molecule has 0 aromatic heterocycles. The Kier molecular flexibility index (Phi) is 3.57. The van der Waals surface area contributed by atoms with E-state index < -0.39 is 0 Å². The van der Waals surface area contributed by atoms with Gasteiger partial charge in [-0.3, -0.25) is 4.79 Å². The summed E-state index contributed by atoms with van der Waals surface area (Å²) in [6.45, 7) is 2.17. The average molecular weight is 218 g/mol. The van der Waals surface area contributed by atoms with Crippen LogP contribution in [0, 0.1) is 0 Å². The van der Waals surface area contributed by atoms with Crippen molar-refractivity contribution in [3.05, 3.63) is 35.9 Å². The van der Waals surface area contributed by atoms with Crippen molar-refractivity contribution in [3.8, 4) is 0 Å². The van der Waals surface area contributed by atoms with Crippen LogP contribution in [0.1, 0.15) is 24.3 Å². The molecule has 1 saturated heterocycles. The molecular weight excluding hydrogens is 200 g/mol. The molecule has 1 aliphatic heterocycles. The number of nitrogens with two attached hydrogens (primary N) is 1. The van der Waals surface area contributed by atoms with E-state index in [0.29, 0.717) is 18.9 Å². The first kappa shape index (κ1) is 11.1. The maximum atomic E-state index is 11.7. The van der Waals surface area contributed by atoms with Crippen molar-refractivity contribution < 1.29 is 4.79 Å². The third kappa shape index (κ3) is 2.42. The molecule has 1 unspecified atom stereocenters. The molecule has 3 heteroatoms. The summed E-state index contributed by atoms with van der Waals surface area (Å²) in [4.78, 5) is 13.6. The fourth-order valence-corrected chi connectivity index (χ4v) is 2.27. The molecule has 2 N–H and O–H groups in total. The highest BCUT2D eigenvalue weighted by Crippen LogP contribution is 2.26. The summed E-state index contributed by atoms with van der Waals surface area (Å²) < 4.78 is 0. The third-order valence-electron chi connectivity index (χ3n) is 3.17. The number of hydrogen-bond acceptors (Lipinski definition) is 2. The number of carbonyl (C=O) groups is 1. The number of amides is 1. The van der Waals surface area contributed by atoms with Crippen LogP contribution in [0.15, 0.2) is 30.3 Å². The minimum atomic E-state index is 0.195. The average Bonchev–Trinajstić information content (AvgIpc) is 2.80. The number of carbonyl (C=O) groups excluding carboxylic acids is 1. The topological polar surface area (TPSA) is 46.3 Å². The lowest BCUT2D eigenvalue weighted by Crippen LogP contribution is -2.29. The lowest BCUT2D eigenvalue weighted by atomic mass is 9.99. The van der Waals surface area contributed by atoms with E-state index in [-0.39, 0.29) is 5.91 Å². The zero-order chi connectivity index (χ0) is 11.4. The molecule has 86 valence electrons. The van der Waals surface area contributed by atoms with E-state index in [9.17, 15) is 4.79 Å². The molecule has 2 rings (SSSR count). The monoisotopic (exact) mass is 218 g/mol.